The Morgan fingerprint density at radius 2 is 2.10 bits per heavy atom. The SMILES string of the molecule is CCCn1c(S[C@H](C)C(=O)c2ccc3c(c2)NC(=O)CO3)nc2cc(Cl)ccc2c1=O. The van der Waals surface area contributed by atoms with Crippen LogP contribution in [0.2, 0.25) is 5.02 Å². The minimum atomic E-state index is -0.509. The summed E-state index contributed by atoms with van der Waals surface area (Å²) in [6.45, 7) is 4.20. The molecule has 7 nitrogen and oxygen atoms in total. The number of aromatic nitrogens is 2. The molecule has 0 aliphatic carbocycles. The molecule has 3 aromatic rings. The lowest BCUT2D eigenvalue weighted by atomic mass is 10.1. The van der Waals surface area contributed by atoms with Gasteiger partial charge in [-0.2, -0.15) is 0 Å². The molecule has 0 spiro atoms. The van der Waals surface area contributed by atoms with Crippen LogP contribution in [0.1, 0.15) is 30.6 Å². The van der Waals surface area contributed by atoms with Crippen molar-refractivity contribution in [1.29, 1.82) is 0 Å². The average molecular weight is 458 g/mol. The average Bonchev–Trinajstić information content (AvgIpc) is 2.75. The Balaban J connectivity index is 1.66. The minimum absolute atomic E-state index is 0.0425. The van der Waals surface area contributed by atoms with E-state index in [1.54, 1.807) is 47.9 Å². The zero-order valence-electron chi connectivity index (χ0n) is 17.0. The number of benzene rings is 2. The molecular weight excluding hydrogens is 438 g/mol. The summed E-state index contributed by atoms with van der Waals surface area (Å²) in [5.74, 6) is 0.125. The number of nitrogens with zero attached hydrogens (tertiary/aromatic N) is 2. The van der Waals surface area contributed by atoms with Gasteiger partial charge in [-0.05, 0) is 49.7 Å². The van der Waals surface area contributed by atoms with Gasteiger partial charge in [0.25, 0.3) is 11.5 Å². The summed E-state index contributed by atoms with van der Waals surface area (Å²) < 4.78 is 6.95. The first-order valence-electron chi connectivity index (χ1n) is 9.85. The van der Waals surface area contributed by atoms with Crippen molar-refractivity contribution in [2.24, 2.45) is 0 Å². The maximum Gasteiger partial charge on any atom is 0.262 e. The number of hydrogen-bond acceptors (Lipinski definition) is 6. The van der Waals surface area contributed by atoms with Gasteiger partial charge >= 0.3 is 0 Å². The zero-order valence-corrected chi connectivity index (χ0v) is 18.5. The van der Waals surface area contributed by atoms with E-state index < -0.39 is 5.25 Å². The van der Waals surface area contributed by atoms with Crippen LogP contribution in [-0.4, -0.2) is 33.1 Å². The fraction of sp³-hybridized carbons (Fsp3) is 0.273. The smallest absolute Gasteiger partial charge is 0.262 e. The van der Waals surface area contributed by atoms with Gasteiger partial charge in [-0.25, -0.2) is 4.98 Å². The van der Waals surface area contributed by atoms with E-state index in [-0.39, 0.29) is 23.9 Å². The van der Waals surface area contributed by atoms with Gasteiger partial charge < -0.3 is 10.1 Å². The Morgan fingerprint density at radius 3 is 2.87 bits per heavy atom. The Kier molecular flexibility index (Phi) is 6.02. The molecule has 1 aromatic heterocycles. The van der Waals surface area contributed by atoms with Crippen molar-refractivity contribution >= 4 is 51.6 Å². The van der Waals surface area contributed by atoms with E-state index in [4.69, 9.17) is 16.3 Å². The molecule has 4 rings (SSSR count). The Hall–Kier alpha value is -2.84. The van der Waals surface area contributed by atoms with Crippen molar-refractivity contribution in [3.8, 4) is 5.75 Å². The maximum atomic E-state index is 13.1. The second-order valence-corrected chi connectivity index (χ2v) is 8.93. The number of carbonyl (C=O) groups is 2. The molecule has 2 heterocycles. The van der Waals surface area contributed by atoms with Crippen LogP contribution < -0.4 is 15.6 Å². The van der Waals surface area contributed by atoms with E-state index in [9.17, 15) is 14.4 Å². The van der Waals surface area contributed by atoms with E-state index in [0.717, 1.165) is 6.42 Å². The summed E-state index contributed by atoms with van der Waals surface area (Å²) in [7, 11) is 0. The fourth-order valence-electron chi connectivity index (χ4n) is 3.37. The number of hydrogen-bond donors (Lipinski definition) is 1. The van der Waals surface area contributed by atoms with Crippen molar-refractivity contribution in [2.75, 3.05) is 11.9 Å². The Labute approximate surface area is 187 Å². The molecular formula is C22H20ClN3O4S. The predicted octanol–water partition coefficient (Wildman–Crippen LogP) is 4.15. The topological polar surface area (TPSA) is 90.3 Å². The van der Waals surface area contributed by atoms with Gasteiger partial charge in [0, 0.05) is 17.1 Å². The number of rotatable bonds is 6. The highest BCUT2D eigenvalue weighted by Crippen LogP contribution is 2.31. The summed E-state index contributed by atoms with van der Waals surface area (Å²) in [5.41, 5.74) is 1.26. The number of halogens is 1. The highest BCUT2D eigenvalue weighted by molar-refractivity contribution is 8.00. The normalized spacial score (nSPS) is 14.0. The molecule has 1 N–H and O–H groups in total. The van der Waals surface area contributed by atoms with Crippen molar-refractivity contribution in [1.82, 2.24) is 9.55 Å². The predicted molar refractivity (Wildman–Crippen MR) is 122 cm³/mol. The molecule has 0 unspecified atom stereocenters. The van der Waals surface area contributed by atoms with Crippen LogP contribution in [0, 0.1) is 0 Å². The van der Waals surface area contributed by atoms with Crippen LogP contribution in [0.3, 0.4) is 0 Å². The third-order valence-electron chi connectivity index (χ3n) is 4.88. The molecule has 0 radical (unpaired) electrons. The van der Waals surface area contributed by atoms with Crippen LogP contribution in [0.5, 0.6) is 5.75 Å². The molecule has 1 aliphatic heterocycles. The molecule has 31 heavy (non-hydrogen) atoms. The molecule has 9 heteroatoms. The van der Waals surface area contributed by atoms with Crippen LogP contribution in [0.4, 0.5) is 5.69 Å². The van der Waals surface area contributed by atoms with Crippen LogP contribution >= 0.6 is 23.4 Å². The number of nitrogens with one attached hydrogen (secondary N) is 1. The fourth-order valence-corrected chi connectivity index (χ4v) is 4.55. The van der Waals surface area contributed by atoms with Gasteiger partial charge in [0.2, 0.25) is 0 Å². The van der Waals surface area contributed by atoms with Crippen molar-refractivity contribution in [3.05, 3.63) is 57.3 Å². The highest BCUT2D eigenvalue weighted by Gasteiger charge is 2.23. The van der Waals surface area contributed by atoms with E-state index in [1.807, 2.05) is 6.92 Å². The number of amides is 1. The standard InChI is InChI=1S/C22H20ClN3O4S/c1-3-8-26-21(29)15-6-5-14(23)10-16(15)25-22(26)31-12(2)20(28)13-4-7-18-17(9-13)24-19(27)11-30-18/h4-7,9-10,12H,3,8,11H2,1-2H3,(H,24,27)/t12-/m1/s1. The van der Waals surface area contributed by atoms with Crippen molar-refractivity contribution in [3.63, 3.8) is 0 Å². The summed E-state index contributed by atoms with van der Waals surface area (Å²) >= 11 is 7.31. The number of thioether (sulfide) groups is 1. The minimum Gasteiger partial charge on any atom is -0.482 e. The largest absolute Gasteiger partial charge is 0.482 e. The van der Waals surface area contributed by atoms with E-state index in [1.165, 1.54) is 11.8 Å². The number of fused-ring (bicyclic) bond motifs is 2. The van der Waals surface area contributed by atoms with E-state index >= 15 is 0 Å². The molecule has 1 amide bonds. The summed E-state index contributed by atoms with van der Waals surface area (Å²) in [6.07, 6.45) is 0.751. The van der Waals surface area contributed by atoms with Gasteiger partial charge in [0.15, 0.2) is 17.5 Å². The van der Waals surface area contributed by atoms with Gasteiger partial charge in [-0.3, -0.25) is 19.0 Å². The van der Waals surface area contributed by atoms with Crippen LogP contribution in [0.15, 0.2) is 46.3 Å². The summed E-state index contributed by atoms with van der Waals surface area (Å²) in [5, 5.41) is 3.65. The molecule has 0 saturated carbocycles. The van der Waals surface area contributed by atoms with Crippen LogP contribution in [-0.2, 0) is 11.3 Å². The highest BCUT2D eigenvalue weighted by atomic mass is 35.5. The molecule has 0 fully saturated rings. The molecule has 1 atom stereocenters. The first-order valence-corrected chi connectivity index (χ1v) is 11.1. The van der Waals surface area contributed by atoms with Gasteiger partial charge in [-0.15, -0.1) is 0 Å². The lowest BCUT2D eigenvalue weighted by molar-refractivity contribution is -0.118. The summed E-state index contributed by atoms with van der Waals surface area (Å²) in [4.78, 5) is 42.3. The quantitative estimate of drug-likeness (QED) is 0.339. The number of Topliss-reactive ketones (excluding diaryl/α,β-unsaturated/α-hetero) is 1. The molecule has 0 saturated heterocycles. The molecule has 160 valence electrons. The first-order chi connectivity index (χ1) is 14.9. The zero-order chi connectivity index (χ0) is 22.1. The van der Waals surface area contributed by atoms with Gasteiger partial charge in [0.05, 0.1) is 21.8 Å². The third kappa shape index (κ3) is 4.31. The number of carbonyl (C=O) groups excluding carboxylic acids is 2. The lowest BCUT2D eigenvalue weighted by Crippen LogP contribution is -2.26. The maximum absolute atomic E-state index is 13.1. The lowest BCUT2D eigenvalue weighted by Gasteiger charge is -2.19. The van der Waals surface area contributed by atoms with Gasteiger partial charge in [-0.1, -0.05) is 30.3 Å². The van der Waals surface area contributed by atoms with E-state index in [2.05, 4.69) is 10.3 Å². The second kappa shape index (κ2) is 8.72. The van der Waals surface area contributed by atoms with Crippen LogP contribution in [0.25, 0.3) is 10.9 Å². The monoisotopic (exact) mass is 457 g/mol. The number of ether oxygens (including phenoxy) is 1. The molecule has 0 bridgehead atoms. The van der Waals surface area contributed by atoms with E-state index in [0.29, 0.717) is 44.6 Å². The number of ketones is 1. The second-order valence-electron chi connectivity index (χ2n) is 7.18. The number of anilines is 1. The Bertz CT molecular complexity index is 1260. The molecule has 2 aromatic carbocycles. The van der Waals surface area contributed by atoms with Crippen molar-refractivity contribution in [2.45, 2.75) is 37.2 Å². The Morgan fingerprint density at radius 1 is 1.29 bits per heavy atom. The molecule has 1 aliphatic rings. The van der Waals surface area contributed by atoms with Crippen molar-refractivity contribution < 1.29 is 14.3 Å². The first kappa shape index (κ1) is 21.4. The third-order valence-corrected chi connectivity index (χ3v) is 6.20. The van der Waals surface area contributed by atoms with Gasteiger partial charge in [0.1, 0.15) is 5.75 Å². The summed E-state index contributed by atoms with van der Waals surface area (Å²) in [6, 6.07) is 9.94.